The van der Waals surface area contributed by atoms with E-state index in [4.69, 9.17) is 0 Å². The van der Waals surface area contributed by atoms with Gasteiger partial charge in [0.15, 0.2) is 5.78 Å². The first-order chi connectivity index (χ1) is 6.97. The normalized spacial score (nSPS) is 11.5. The van der Waals surface area contributed by atoms with Crippen LogP contribution in [-0.4, -0.2) is 18.4 Å². The molecule has 0 spiro atoms. The summed E-state index contributed by atoms with van der Waals surface area (Å²) in [4.78, 5) is 12.0. The second kappa shape index (κ2) is 4.58. The SMILES string of the molecule is CNC(C)(C)C(=O)Cc1ccccc1C. The van der Waals surface area contributed by atoms with E-state index in [1.807, 2.05) is 52.1 Å². The zero-order chi connectivity index (χ0) is 11.5. The summed E-state index contributed by atoms with van der Waals surface area (Å²) < 4.78 is 0. The summed E-state index contributed by atoms with van der Waals surface area (Å²) in [6.07, 6.45) is 0.501. The Labute approximate surface area is 91.7 Å². The first-order valence-corrected chi connectivity index (χ1v) is 5.24. The molecule has 1 rings (SSSR count). The standard InChI is InChI=1S/C13H19NO/c1-10-7-5-6-8-11(10)9-12(15)13(2,3)14-4/h5-8,14H,9H2,1-4H3. The quantitative estimate of drug-likeness (QED) is 0.815. The van der Waals surface area contributed by atoms with E-state index in [0.29, 0.717) is 6.42 Å². The fourth-order valence-electron chi connectivity index (χ4n) is 1.34. The van der Waals surface area contributed by atoms with Crippen LogP contribution in [0.25, 0.3) is 0 Å². The fraction of sp³-hybridized carbons (Fsp3) is 0.462. The first-order valence-electron chi connectivity index (χ1n) is 5.24. The number of likely N-dealkylation sites (N-methyl/N-ethyl adjacent to an activating group) is 1. The number of carbonyl (C=O) groups excluding carboxylic acids is 1. The van der Waals surface area contributed by atoms with Gasteiger partial charge in [-0.1, -0.05) is 24.3 Å². The van der Waals surface area contributed by atoms with Crippen LogP contribution in [0.2, 0.25) is 0 Å². The van der Waals surface area contributed by atoms with Crippen LogP contribution in [0.5, 0.6) is 0 Å². The van der Waals surface area contributed by atoms with Crippen LogP contribution >= 0.6 is 0 Å². The number of benzene rings is 1. The Morgan fingerprint density at radius 2 is 1.93 bits per heavy atom. The maximum Gasteiger partial charge on any atom is 0.156 e. The van der Waals surface area contributed by atoms with E-state index in [1.54, 1.807) is 0 Å². The highest BCUT2D eigenvalue weighted by Crippen LogP contribution is 2.12. The minimum atomic E-state index is -0.442. The Morgan fingerprint density at radius 3 is 2.47 bits per heavy atom. The Kier molecular flexibility index (Phi) is 3.64. The van der Waals surface area contributed by atoms with Crippen molar-refractivity contribution in [1.82, 2.24) is 5.32 Å². The third-order valence-electron chi connectivity index (χ3n) is 2.93. The van der Waals surface area contributed by atoms with Crippen molar-refractivity contribution in [2.24, 2.45) is 0 Å². The molecule has 0 saturated heterocycles. The van der Waals surface area contributed by atoms with Crippen LogP contribution in [0.15, 0.2) is 24.3 Å². The molecule has 0 aliphatic heterocycles. The van der Waals surface area contributed by atoms with Crippen LogP contribution < -0.4 is 5.32 Å². The van der Waals surface area contributed by atoms with E-state index in [2.05, 4.69) is 5.32 Å². The van der Waals surface area contributed by atoms with Gasteiger partial charge in [0.1, 0.15) is 0 Å². The largest absolute Gasteiger partial charge is 0.308 e. The van der Waals surface area contributed by atoms with Gasteiger partial charge in [-0.05, 0) is 38.9 Å². The van der Waals surface area contributed by atoms with Crippen LogP contribution in [0.1, 0.15) is 25.0 Å². The minimum absolute atomic E-state index is 0.222. The molecule has 0 fully saturated rings. The number of hydrogen-bond donors (Lipinski definition) is 1. The van der Waals surface area contributed by atoms with E-state index in [-0.39, 0.29) is 5.78 Å². The van der Waals surface area contributed by atoms with Crippen molar-refractivity contribution in [1.29, 1.82) is 0 Å². The number of carbonyl (C=O) groups is 1. The van der Waals surface area contributed by atoms with Gasteiger partial charge in [-0.3, -0.25) is 4.79 Å². The van der Waals surface area contributed by atoms with Crippen LogP contribution in [0.4, 0.5) is 0 Å². The molecule has 0 amide bonds. The van der Waals surface area contributed by atoms with Crippen molar-refractivity contribution < 1.29 is 4.79 Å². The van der Waals surface area contributed by atoms with Crippen molar-refractivity contribution >= 4 is 5.78 Å². The molecule has 0 aromatic heterocycles. The predicted octanol–water partition coefficient (Wildman–Crippen LogP) is 2.10. The Bertz CT molecular complexity index is 355. The fourth-order valence-corrected chi connectivity index (χ4v) is 1.34. The smallest absolute Gasteiger partial charge is 0.156 e. The van der Waals surface area contributed by atoms with Crippen molar-refractivity contribution in [3.63, 3.8) is 0 Å². The van der Waals surface area contributed by atoms with Gasteiger partial charge in [-0.15, -0.1) is 0 Å². The Morgan fingerprint density at radius 1 is 1.33 bits per heavy atom. The molecule has 1 aromatic rings. The molecule has 15 heavy (non-hydrogen) atoms. The molecule has 0 bridgehead atoms. The maximum absolute atomic E-state index is 12.0. The van der Waals surface area contributed by atoms with Gasteiger partial charge in [-0.25, -0.2) is 0 Å². The first kappa shape index (κ1) is 11.9. The molecule has 2 heteroatoms. The van der Waals surface area contributed by atoms with Crippen LogP contribution in [0.3, 0.4) is 0 Å². The van der Waals surface area contributed by atoms with Crippen molar-refractivity contribution in [3.8, 4) is 0 Å². The molecule has 0 aliphatic rings. The Balaban J connectivity index is 2.80. The van der Waals surface area contributed by atoms with E-state index >= 15 is 0 Å². The number of Topliss-reactive ketones (excluding diaryl/α,β-unsaturated/α-hetero) is 1. The summed E-state index contributed by atoms with van der Waals surface area (Å²) in [6.45, 7) is 5.86. The highest BCUT2D eigenvalue weighted by molar-refractivity contribution is 5.89. The molecule has 0 heterocycles. The van der Waals surface area contributed by atoms with Gasteiger partial charge in [0.05, 0.1) is 5.54 Å². The van der Waals surface area contributed by atoms with E-state index < -0.39 is 5.54 Å². The lowest BCUT2D eigenvalue weighted by Gasteiger charge is -2.22. The lowest BCUT2D eigenvalue weighted by atomic mass is 9.92. The molecule has 0 atom stereocenters. The summed E-state index contributed by atoms with van der Waals surface area (Å²) in [5.74, 6) is 0.222. The maximum atomic E-state index is 12.0. The summed E-state index contributed by atoms with van der Waals surface area (Å²) >= 11 is 0. The number of hydrogen-bond acceptors (Lipinski definition) is 2. The zero-order valence-corrected chi connectivity index (χ0v) is 9.92. The molecular formula is C13H19NO. The number of ketones is 1. The Hall–Kier alpha value is -1.15. The van der Waals surface area contributed by atoms with E-state index in [9.17, 15) is 4.79 Å². The summed E-state index contributed by atoms with van der Waals surface area (Å²) in [5, 5.41) is 3.03. The zero-order valence-electron chi connectivity index (χ0n) is 9.92. The molecule has 0 radical (unpaired) electrons. The lowest BCUT2D eigenvalue weighted by molar-refractivity contribution is -0.123. The van der Waals surface area contributed by atoms with Gasteiger partial charge < -0.3 is 5.32 Å². The monoisotopic (exact) mass is 205 g/mol. The summed E-state index contributed by atoms with van der Waals surface area (Å²) in [5.41, 5.74) is 1.85. The average molecular weight is 205 g/mol. The number of rotatable bonds is 4. The van der Waals surface area contributed by atoms with Gasteiger partial charge in [0.2, 0.25) is 0 Å². The second-order valence-corrected chi connectivity index (χ2v) is 4.40. The molecule has 0 saturated carbocycles. The average Bonchev–Trinajstić information content (AvgIpc) is 2.21. The van der Waals surface area contributed by atoms with Crippen LogP contribution in [-0.2, 0) is 11.2 Å². The molecule has 1 aromatic carbocycles. The topological polar surface area (TPSA) is 29.1 Å². The molecule has 2 nitrogen and oxygen atoms in total. The minimum Gasteiger partial charge on any atom is -0.308 e. The number of aryl methyl sites for hydroxylation is 1. The molecule has 1 N–H and O–H groups in total. The van der Waals surface area contributed by atoms with Gasteiger partial charge in [0.25, 0.3) is 0 Å². The van der Waals surface area contributed by atoms with Gasteiger partial charge in [0, 0.05) is 6.42 Å². The van der Waals surface area contributed by atoms with E-state index in [0.717, 1.165) is 5.56 Å². The van der Waals surface area contributed by atoms with E-state index in [1.165, 1.54) is 5.56 Å². The highest BCUT2D eigenvalue weighted by atomic mass is 16.1. The third-order valence-corrected chi connectivity index (χ3v) is 2.93. The number of nitrogens with one attached hydrogen (secondary N) is 1. The molecule has 82 valence electrons. The van der Waals surface area contributed by atoms with Gasteiger partial charge >= 0.3 is 0 Å². The molecular weight excluding hydrogens is 186 g/mol. The summed E-state index contributed by atoms with van der Waals surface area (Å²) in [7, 11) is 1.82. The van der Waals surface area contributed by atoms with Crippen LogP contribution in [0, 0.1) is 6.92 Å². The van der Waals surface area contributed by atoms with Crippen molar-refractivity contribution in [3.05, 3.63) is 35.4 Å². The summed E-state index contributed by atoms with van der Waals surface area (Å²) in [6, 6.07) is 8.02. The second-order valence-electron chi connectivity index (χ2n) is 4.40. The highest BCUT2D eigenvalue weighted by Gasteiger charge is 2.24. The van der Waals surface area contributed by atoms with Gasteiger partial charge in [-0.2, -0.15) is 0 Å². The molecule has 0 unspecified atom stereocenters. The van der Waals surface area contributed by atoms with Crippen molar-refractivity contribution in [2.75, 3.05) is 7.05 Å². The predicted molar refractivity (Wildman–Crippen MR) is 63.0 cm³/mol. The molecule has 0 aliphatic carbocycles. The van der Waals surface area contributed by atoms with Crippen molar-refractivity contribution in [2.45, 2.75) is 32.7 Å². The third kappa shape index (κ3) is 2.90. The lowest BCUT2D eigenvalue weighted by Crippen LogP contribution is -2.45.